The number of rotatable bonds is 2. The third kappa shape index (κ3) is 16.3. The van der Waals surface area contributed by atoms with Gasteiger partial charge in [0.2, 0.25) is 5.39 Å². The number of hydrogen-bond acceptors (Lipinski definition) is 8. The minimum absolute atomic E-state index is 0.758. The van der Waals surface area contributed by atoms with E-state index < -0.39 is 10.4 Å². The van der Waals surface area contributed by atoms with Gasteiger partial charge in [0, 0.05) is 15.3 Å². The zero-order valence-corrected chi connectivity index (χ0v) is 15.6. The molecule has 0 fully saturated rings. The van der Waals surface area contributed by atoms with Gasteiger partial charge in [0.15, 0.2) is 0 Å². The maximum absolute atomic E-state index is 8.52. The molecule has 0 atom stereocenters. The SMILES string of the molecule is COc1ccc(OC)c(S)c1.Cc1ccccc1.N#[NH+].O=S(=O)([O-])[O-]. The second kappa shape index (κ2) is 14.1. The summed E-state index contributed by atoms with van der Waals surface area (Å²) in [7, 11) is -1.93. The van der Waals surface area contributed by atoms with Gasteiger partial charge in [-0.3, -0.25) is 8.42 Å². The molecule has 0 amide bonds. The van der Waals surface area contributed by atoms with Gasteiger partial charge < -0.3 is 18.6 Å². The lowest BCUT2D eigenvalue weighted by molar-refractivity contribution is -0.175. The average Bonchev–Trinajstić information content (AvgIpc) is 2.56. The first kappa shape index (κ1) is 24.9. The number of benzene rings is 2. The lowest BCUT2D eigenvalue weighted by Gasteiger charge is -2.06. The Morgan fingerprint density at radius 2 is 1.48 bits per heavy atom. The predicted octanol–water partition coefficient (Wildman–Crippen LogP) is 0.929. The van der Waals surface area contributed by atoms with Crippen LogP contribution in [0.4, 0.5) is 0 Å². The molecule has 0 unspecified atom stereocenters. The highest BCUT2D eigenvalue weighted by Gasteiger charge is 1.98. The van der Waals surface area contributed by atoms with Crippen LogP contribution in [0.1, 0.15) is 5.56 Å². The molecule has 0 radical (unpaired) electrons. The second-order valence-corrected chi connectivity index (χ2v) is 5.40. The Labute approximate surface area is 152 Å². The van der Waals surface area contributed by atoms with Crippen molar-refractivity contribution in [1.29, 1.82) is 5.39 Å². The molecule has 2 rings (SSSR count). The first-order valence-corrected chi connectivity index (χ1v) is 8.27. The summed E-state index contributed by atoms with van der Waals surface area (Å²) >= 11 is 4.20. The number of thiol groups is 1. The molecule has 0 aliphatic rings. The van der Waals surface area contributed by atoms with Gasteiger partial charge >= 0.3 is 0 Å². The fourth-order valence-electron chi connectivity index (χ4n) is 1.33. The van der Waals surface area contributed by atoms with Crippen molar-refractivity contribution in [2.75, 3.05) is 14.2 Å². The van der Waals surface area contributed by atoms with Crippen molar-refractivity contribution in [2.24, 2.45) is 0 Å². The smallest absolute Gasteiger partial charge is 0.212 e. The predicted molar refractivity (Wildman–Crippen MR) is 91.1 cm³/mol. The van der Waals surface area contributed by atoms with Gasteiger partial charge in [-0.15, -0.1) is 12.6 Å². The van der Waals surface area contributed by atoms with Crippen LogP contribution >= 0.6 is 12.6 Å². The molecule has 8 nitrogen and oxygen atoms in total. The summed E-state index contributed by atoms with van der Waals surface area (Å²) in [6, 6.07) is 15.7. The molecule has 2 aromatic rings. The summed E-state index contributed by atoms with van der Waals surface area (Å²) in [5.74, 6) is 1.55. The first-order valence-electron chi connectivity index (χ1n) is 6.49. The van der Waals surface area contributed by atoms with E-state index in [1.54, 1.807) is 14.2 Å². The number of aryl methyl sites for hydroxylation is 1. The molecule has 0 saturated carbocycles. The van der Waals surface area contributed by atoms with Crippen LogP contribution in [-0.4, -0.2) is 31.7 Å². The van der Waals surface area contributed by atoms with E-state index in [9.17, 15) is 0 Å². The average molecular weight is 387 g/mol. The van der Waals surface area contributed by atoms with E-state index in [-0.39, 0.29) is 0 Å². The maximum Gasteiger partial charge on any atom is 0.212 e. The minimum Gasteiger partial charge on any atom is -0.759 e. The van der Waals surface area contributed by atoms with Crippen molar-refractivity contribution in [3.05, 3.63) is 54.1 Å². The summed E-state index contributed by atoms with van der Waals surface area (Å²) in [4.78, 5) is 0.784. The molecule has 0 aromatic heterocycles. The zero-order chi connectivity index (χ0) is 19.9. The monoisotopic (exact) mass is 387 g/mol. The number of methoxy groups -OCH3 is 2. The van der Waals surface area contributed by atoms with Gasteiger partial charge in [0.05, 0.1) is 19.6 Å². The summed E-state index contributed by atoms with van der Waals surface area (Å²) in [5, 5.41) is 11.0. The number of hydrogen-bond donors (Lipinski definition) is 2. The Bertz CT molecular complexity index is 713. The Hall–Kier alpha value is -2.32. The Morgan fingerprint density at radius 1 is 1.00 bits per heavy atom. The quantitative estimate of drug-likeness (QED) is 0.337. The highest BCUT2D eigenvalue weighted by atomic mass is 32.3. The van der Waals surface area contributed by atoms with E-state index in [1.807, 2.05) is 36.4 Å². The molecule has 25 heavy (non-hydrogen) atoms. The van der Waals surface area contributed by atoms with Gasteiger partial charge in [-0.1, -0.05) is 35.9 Å². The van der Waals surface area contributed by atoms with Crippen molar-refractivity contribution < 1.29 is 32.4 Å². The topological polar surface area (TPSA) is 146 Å². The van der Waals surface area contributed by atoms with Gasteiger partial charge in [-0.2, -0.15) is 0 Å². The summed E-state index contributed by atoms with van der Waals surface area (Å²) in [6.45, 7) is 2.08. The van der Waals surface area contributed by atoms with Gasteiger partial charge in [0.25, 0.3) is 0 Å². The molecule has 0 heterocycles. The third-order valence-corrected chi connectivity index (χ3v) is 2.68. The summed E-state index contributed by atoms with van der Waals surface area (Å²) in [6.07, 6.45) is 0. The molecule has 0 spiro atoms. The fourth-order valence-corrected chi connectivity index (χ4v) is 1.62. The molecule has 0 aliphatic heterocycles. The Balaban J connectivity index is 0. The largest absolute Gasteiger partial charge is 0.759 e. The summed E-state index contributed by atoms with van der Waals surface area (Å²) in [5.41, 5.74) is 1.32. The van der Waals surface area contributed by atoms with Crippen LogP contribution in [0.15, 0.2) is 53.4 Å². The van der Waals surface area contributed by atoms with Crippen LogP contribution in [-0.2, 0) is 10.4 Å². The molecule has 0 saturated heterocycles. The molecule has 1 N–H and O–H groups in total. The maximum atomic E-state index is 8.52. The third-order valence-electron chi connectivity index (χ3n) is 2.33. The molecular formula is C15H19N2O6S2-. The Kier molecular flexibility index (Phi) is 14.0. The van der Waals surface area contributed by atoms with E-state index in [2.05, 4.69) is 31.7 Å². The van der Waals surface area contributed by atoms with Crippen LogP contribution in [0, 0.1) is 12.3 Å². The standard InChI is InChI=1S/C8H10O2S.C7H8.N2.H2O4S/c1-9-6-3-4-7(10-2)8(11)5-6;1-7-5-3-2-4-6-7;1-2;1-5(2,3)4/h3-5,11H,1-2H3;2-6H,1H3;;(H2,1,2,3,4)/p-1. The van der Waals surface area contributed by atoms with Crippen molar-refractivity contribution in [3.63, 3.8) is 0 Å². The highest BCUT2D eigenvalue weighted by Crippen LogP contribution is 2.26. The first-order chi connectivity index (χ1) is 11.7. The highest BCUT2D eigenvalue weighted by molar-refractivity contribution is 7.80. The van der Waals surface area contributed by atoms with Gasteiger partial charge in [-0.25, -0.2) is 0 Å². The van der Waals surface area contributed by atoms with E-state index in [1.165, 1.54) is 5.56 Å². The second-order valence-electron chi connectivity index (χ2n) is 4.10. The van der Waals surface area contributed by atoms with Crippen LogP contribution in [0.5, 0.6) is 11.5 Å². The van der Waals surface area contributed by atoms with E-state index >= 15 is 0 Å². The number of nitrogens with zero attached hydrogens (tertiary/aromatic N) is 1. The lowest BCUT2D eigenvalue weighted by atomic mass is 10.2. The van der Waals surface area contributed by atoms with Crippen molar-refractivity contribution in [3.8, 4) is 11.5 Å². The van der Waals surface area contributed by atoms with Crippen LogP contribution in [0.3, 0.4) is 0 Å². The molecule has 2 aromatic carbocycles. The zero-order valence-electron chi connectivity index (χ0n) is 13.9. The summed E-state index contributed by atoms with van der Waals surface area (Å²) < 4.78 is 44.1. The number of nitrogens with one attached hydrogen (secondary N) is 1. The van der Waals surface area contributed by atoms with E-state index in [4.69, 9.17) is 37.8 Å². The number of ether oxygens (including phenoxy) is 2. The molecular weight excluding hydrogens is 368 g/mol. The molecule has 138 valence electrons. The molecule has 10 heteroatoms. The van der Waals surface area contributed by atoms with Crippen LogP contribution < -0.4 is 14.9 Å². The van der Waals surface area contributed by atoms with E-state index in [0.29, 0.717) is 0 Å². The van der Waals surface area contributed by atoms with Crippen molar-refractivity contribution >= 4 is 23.0 Å². The van der Waals surface area contributed by atoms with Crippen LogP contribution in [0.2, 0.25) is 0 Å². The fraction of sp³-hybridized carbons (Fsp3) is 0.200. The minimum atomic E-state index is -5.17. The normalized spacial score (nSPS) is 8.96. The molecule has 0 aliphatic carbocycles. The van der Waals surface area contributed by atoms with E-state index in [0.717, 1.165) is 16.4 Å². The van der Waals surface area contributed by atoms with Crippen LogP contribution in [0.25, 0.3) is 0 Å². The lowest BCUT2D eigenvalue weighted by Crippen LogP contribution is -2.11. The van der Waals surface area contributed by atoms with Crippen molar-refractivity contribution in [2.45, 2.75) is 11.8 Å². The number of diazo groups is 1. The van der Waals surface area contributed by atoms with Gasteiger partial charge in [0.1, 0.15) is 11.5 Å². The van der Waals surface area contributed by atoms with Crippen molar-refractivity contribution in [1.82, 2.24) is 0 Å². The Morgan fingerprint density at radius 3 is 1.76 bits per heavy atom. The van der Waals surface area contributed by atoms with Gasteiger partial charge in [-0.05, 0) is 25.1 Å². The molecule has 0 bridgehead atoms.